The lowest BCUT2D eigenvalue weighted by atomic mass is 9.81. The van der Waals surface area contributed by atoms with Gasteiger partial charge in [-0.2, -0.15) is 0 Å². The van der Waals surface area contributed by atoms with E-state index < -0.39 is 6.09 Å². The van der Waals surface area contributed by atoms with Gasteiger partial charge in [-0.1, -0.05) is 46.5 Å². The molecule has 20 heavy (non-hydrogen) atoms. The number of ether oxygens (including phenoxy) is 1. The fraction of sp³-hybridized carbons (Fsp3) is 0.875. The van der Waals surface area contributed by atoms with Crippen molar-refractivity contribution in [3.05, 3.63) is 0 Å². The average Bonchev–Trinajstić information content (AvgIpc) is 2.80. The molecule has 0 spiro atoms. The molecule has 2 aliphatic rings. The third kappa shape index (κ3) is 3.53. The third-order valence-corrected chi connectivity index (χ3v) is 4.85. The van der Waals surface area contributed by atoms with Crippen LogP contribution >= 0.6 is 0 Å². The maximum atomic E-state index is 12.3. The van der Waals surface area contributed by atoms with Crippen molar-refractivity contribution >= 4 is 12.0 Å². The minimum atomic E-state index is -0.453. The molecule has 1 unspecified atom stereocenters. The fourth-order valence-electron chi connectivity index (χ4n) is 3.28. The van der Waals surface area contributed by atoms with Crippen LogP contribution in [0, 0.1) is 17.8 Å². The molecule has 0 aromatic carbocycles. The molecule has 1 saturated carbocycles. The Kier molecular flexibility index (Phi) is 5.06. The number of hydrogen-bond acceptors (Lipinski definition) is 3. The topological polar surface area (TPSA) is 46.6 Å². The van der Waals surface area contributed by atoms with Gasteiger partial charge in [0, 0.05) is 6.42 Å². The number of carbonyl (C=O) groups is 2. The van der Waals surface area contributed by atoms with Crippen molar-refractivity contribution in [3.63, 3.8) is 0 Å². The molecule has 1 heterocycles. The standard InChI is InChI=1S/C16H27NO3/c1-11(2)14-10-20-16(19)17(14)15(18)9-8-13-6-4-12(3)5-7-13/h11-14H,4-10H2,1-3H3. The van der Waals surface area contributed by atoms with E-state index in [1.807, 2.05) is 13.8 Å². The van der Waals surface area contributed by atoms with Crippen LogP contribution in [0.25, 0.3) is 0 Å². The van der Waals surface area contributed by atoms with E-state index in [1.54, 1.807) is 0 Å². The summed E-state index contributed by atoms with van der Waals surface area (Å²) < 4.78 is 5.03. The van der Waals surface area contributed by atoms with Crippen molar-refractivity contribution in [1.29, 1.82) is 0 Å². The minimum absolute atomic E-state index is 0.0511. The SMILES string of the molecule is CC1CCC(CCC(=O)N2C(=O)OCC2C(C)C)CC1. The Labute approximate surface area is 121 Å². The van der Waals surface area contributed by atoms with Gasteiger partial charge in [-0.05, 0) is 24.2 Å². The maximum Gasteiger partial charge on any atom is 0.416 e. The quantitative estimate of drug-likeness (QED) is 0.791. The number of hydrogen-bond donors (Lipinski definition) is 0. The largest absolute Gasteiger partial charge is 0.447 e. The molecule has 0 N–H and O–H groups in total. The van der Waals surface area contributed by atoms with Crippen LogP contribution in [0.3, 0.4) is 0 Å². The highest BCUT2D eigenvalue weighted by atomic mass is 16.6. The van der Waals surface area contributed by atoms with Crippen molar-refractivity contribution in [1.82, 2.24) is 4.90 Å². The van der Waals surface area contributed by atoms with Gasteiger partial charge < -0.3 is 4.74 Å². The normalized spacial score (nSPS) is 30.7. The van der Waals surface area contributed by atoms with Gasteiger partial charge in [-0.25, -0.2) is 9.69 Å². The van der Waals surface area contributed by atoms with Crippen LogP contribution in [0.15, 0.2) is 0 Å². The summed E-state index contributed by atoms with van der Waals surface area (Å²) in [4.78, 5) is 25.4. The Morgan fingerprint density at radius 3 is 2.55 bits per heavy atom. The second-order valence-corrected chi connectivity index (χ2v) is 6.82. The van der Waals surface area contributed by atoms with E-state index >= 15 is 0 Å². The summed E-state index contributed by atoms with van der Waals surface area (Å²) in [7, 11) is 0. The monoisotopic (exact) mass is 281 g/mol. The lowest BCUT2D eigenvalue weighted by Crippen LogP contribution is -2.41. The van der Waals surface area contributed by atoms with E-state index in [0.717, 1.165) is 12.3 Å². The van der Waals surface area contributed by atoms with Crippen LogP contribution in [0.4, 0.5) is 4.79 Å². The van der Waals surface area contributed by atoms with E-state index in [9.17, 15) is 9.59 Å². The molecule has 0 radical (unpaired) electrons. The third-order valence-electron chi connectivity index (χ3n) is 4.85. The zero-order valence-electron chi connectivity index (χ0n) is 12.9. The first kappa shape index (κ1) is 15.3. The second kappa shape index (κ2) is 6.59. The van der Waals surface area contributed by atoms with Gasteiger partial charge in [0.1, 0.15) is 6.61 Å². The van der Waals surface area contributed by atoms with Crippen LogP contribution in [0.2, 0.25) is 0 Å². The molecule has 1 aliphatic heterocycles. The number of rotatable bonds is 4. The molecule has 2 amide bonds. The smallest absolute Gasteiger partial charge is 0.416 e. The van der Waals surface area contributed by atoms with Crippen molar-refractivity contribution in [2.24, 2.45) is 17.8 Å². The van der Waals surface area contributed by atoms with Crippen LogP contribution < -0.4 is 0 Å². The molecule has 2 fully saturated rings. The Morgan fingerprint density at radius 1 is 1.30 bits per heavy atom. The van der Waals surface area contributed by atoms with Crippen molar-refractivity contribution in [3.8, 4) is 0 Å². The molecule has 1 aliphatic carbocycles. The first-order valence-electron chi connectivity index (χ1n) is 7.97. The predicted octanol–water partition coefficient (Wildman–Crippen LogP) is 3.60. The Hall–Kier alpha value is -1.06. The minimum Gasteiger partial charge on any atom is -0.447 e. The first-order chi connectivity index (χ1) is 9.49. The first-order valence-corrected chi connectivity index (χ1v) is 7.97. The zero-order chi connectivity index (χ0) is 14.7. The van der Waals surface area contributed by atoms with Crippen LogP contribution in [0.5, 0.6) is 0 Å². The number of amides is 2. The number of cyclic esters (lactones) is 1. The average molecular weight is 281 g/mol. The Balaban J connectivity index is 1.83. The van der Waals surface area contributed by atoms with Gasteiger partial charge in [0.25, 0.3) is 0 Å². The van der Waals surface area contributed by atoms with Gasteiger partial charge in [0.05, 0.1) is 6.04 Å². The zero-order valence-corrected chi connectivity index (χ0v) is 12.9. The molecule has 1 saturated heterocycles. The lowest BCUT2D eigenvalue weighted by Gasteiger charge is -2.27. The summed E-state index contributed by atoms with van der Waals surface area (Å²) >= 11 is 0. The van der Waals surface area contributed by atoms with E-state index in [0.29, 0.717) is 18.9 Å². The van der Waals surface area contributed by atoms with Crippen LogP contribution in [-0.4, -0.2) is 29.5 Å². The van der Waals surface area contributed by atoms with Crippen LogP contribution in [-0.2, 0) is 9.53 Å². The maximum absolute atomic E-state index is 12.3. The molecular weight excluding hydrogens is 254 g/mol. The van der Waals surface area contributed by atoms with Gasteiger partial charge in [-0.3, -0.25) is 4.79 Å². The molecule has 0 aromatic heterocycles. The molecular formula is C16H27NO3. The van der Waals surface area contributed by atoms with Gasteiger partial charge in [0.15, 0.2) is 0 Å². The van der Waals surface area contributed by atoms with E-state index in [2.05, 4.69) is 6.92 Å². The van der Waals surface area contributed by atoms with Crippen LogP contribution in [0.1, 0.15) is 59.3 Å². The van der Waals surface area contributed by atoms with E-state index in [4.69, 9.17) is 4.74 Å². The molecule has 0 aromatic rings. The summed E-state index contributed by atoms with van der Waals surface area (Å²) in [6, 6.07) is -0.0821. The van der Waals surface area contributed by atoms with E-state index in [-0.39, 0.29) is 17.9 Å². The highest BCUT2D eigenvalue weighted by Crippen LogP contribution is 2.31. The molecule has 114 valence electrons. The van der Waals surface area contributed by atoms with Gasteiger partial charge in [-0.15, -0.1) is 0 Å². The Morgan fingerprint density at radius 2 is 1.95 bits per heavy atom. The number of nitrogens with zero attached hydrogens (tertiary/aromatic N) is 1. The fourth-order valence-corrected chi connectivity index (χ4v) is 3.28. The number of carbonyl (C=O) groups excluding carboxylic acids is 2. The molecule has 4 nitrogen and oxygen atoms in total. The van der Waals surface area contributed by atoms with Gasteiger partial charge >= 0.3 is 6.09 Å². The Bertz CT molecular complexity index is 359. The molecule has 1 atom stereocenters. The highest BCUT2D eigenvalue weighted by Gasteiger charge is 2.39. The summed E-state index contributed by atoms with van der Waals surface area (Å²) in [6.45, 7) is 6.70. The predicted molar refractivity (Wildman–Crippen MR) is 77.2 cm³/mol. The lowest BCUT2D eigenvalue weighted by molar-refractivity contribution is -0.130. The summed E-state index contributed by atoms with van der Waals surface area (Å²) in [5.41, 5.74) is 0. The van der Waals surface area contributed by atoms with Crippen molar-refractivity contribution in [2.75, 3.05) is 6.61 Å². The summed E-state index contributed by atoms with van der Waals surface area (Å²) in [5, 5.41) is 0. The highest BCUT2D eigenvalue weighted by molar-refractivity contribution is 5.93. The van der Waals surface area contributed by atoms with Crippen molar-refractivity contribution < 1.29 is 14.3 Å². The second-order valence-electron chi connectivity index (χ2n) is 6.82. The van der Waals surface area contributed by atoms with Crippen molar-refractivity contribution in [2.45, 2.75) is 65.3 Å². The number of imide groups is 1. The van der Waals surface area contributed by atoms with Gasteiger partial charge in [0.2, 0.25) is 5.91 Å². The summed E-state index contributed by atoms with van der Waals surface area (Å²) in [5.74, 6) is 1.69. The molecule has 4 heteroatoms. The molecule has 2 rings (SSSR count). The summed E-state index contributed by atoms with van der Waals surface area (Å²) in [6.07, 6.45) is 5.96. The van der Waals surface area contributed by atoms with E-state index in [1.165, 1.54) is 30.6 Å². The molecule has 0 bridgehead atoms.